The molecule has 1 aliphatic carbocycles. The molecule has 0 aliphatic heterocycles. The highest BCUT2D eigenvalue weighted by Gasteiger charge is 2.20. The number of aliphatic hydroxyl groups is 1. The fraction of sp³-hybridized carbons (Fsp3) is 0.533. The summed E-state index contributed by atoms with van der Waals surface area (Å²) in [7, 11) is 4.23. The van der Waals surface area contributed by atoms with E-state index in [0.717, 1.165) is 25.7 Å². The predicted molar refractivity (Wildman–Crippen MR) is 87.0 cm³/mol. The Hall–Kier alpha value is -1.30. The van der Waals surface area contributed by atoms with Crippen molar-refractivity contribution in [1.82, 2.24) is 4.90 Å². The van der Waals surface area contributed by atoms with Gasteiger partial charge in [-0.2, -0.15) is 0 Å². The minimum absolute atomic E-state index is 0. The van der Waals surface area contributed by atoms with Gasteiger partial charge in [0.2, 0.25) is 0 Å². The van der Waals surface area contributed by atoms with E-state index in [1.165, 1.54) is 12.1 Å². The first-order valence-corrected chi connectivity index (χ1v) is 6.83. The zero-order chi connectivity index (χ0) is 15.1. The topological polar surface area (TPSA) is 86.8 Å². The highest BCUT2D eigenvalue weighted by Crippen LogP contribution is 2.20. The Morgan fingerprint density at radius 3 is 2.00 bits per heavy atom. The maximum Gasteiger partial charge on any atom is 0.335 e. The molecule has 6 heteroatoms. The lowest BCUT2D eigenvalue weighted by atomic mass is 9.93. The zero-order valence-electron chi connectivity index (χ0n) is 12.5. The van der Waals surface area contributed by atoms with Crippen LogP contribution in [0.4, 0.5) is 5.69 Å². The number of aromatic carboxylic acids is 1. The van der Waals surface area contributed by atoms with E-state index >= 15 is 0 Å². The summed E-state index contributed by atoms with van der Waals surface area (Å²) in [5.41, 5.74) is 6.17. The van der Waals surface area contributed by atoms with Crippen molar-refractivity contribution < 1.29 is 15.0 Å². The summed E-state index contributed by atoms with van der Waals surface area (Å²) in [6.07, 6.45) is 4.28. The molecule has 0 aromatic heterocycles. The Bertz CT molecular complexity index is 415. The van der Waals surface area contributed by atoms with E-state index in [1.54, 1.807) is 12.1 Å². The highest BCUT2D eigenvalue weighted by atomic mass is 35.5. The summed E-state index contributed by atoms with van der Waals surface area (Å²) in [6, 6.07) is 6.77. The van der Waals surface area contributed by atoms with Gasteiger partial charge < -0.3 is 20.8 Å². The lowest BCUT2D eigenvalue weighted by Gasteiger charge is -2.30. The molecule has 0 spiro atoms. The van der Waals surface area contributed by atoms with E-state index in [4.69, 9.17) is 10.8 Å². The van der Waals surface area contributed by atoms with E-state index in [9.17, 15) is 9.90 Å². The van der Waals surface area contributed by atoms with Crippen LogP contribution in [0.25, 0.3) is 0 Å². The molecule has 1 fully saturated rings. The third-order valence-corrected chi connectivity index (χ3v) is 3.55. The number of hydrogen-bond donors (Lipinski definition) is 3. The predicted octanol–water partition coefficient (Wildman–Crippen LogP) is 2.24. The van der Waals surface area contributed by atoms with Crippen LogP contribution in [0.1, 0.15) is 36.0 Å². The van der Waals surface area contributed by atoms with Crippen molar-refractivity contribution in [3.05, 3.63) is 29.8 Å². The van der Waals surface area contributed by atoms with Crippen LogP contribution in [0, 0.1) is 0 Å². The van der Waals surface area contributed by atoms with Gasteiger partial charge in [-0.25, -0.2) is 4.79 Å². The molecular formula is C15H25ClN2O3. The van der Waals surface area contributed by atoms with E-state index in [-0.39, 0.29) is 24.1 Å². The fourth-order valence-corrected chi connectivity index (χ4v) is 2.20. The van der Waals surface area contributed by atoms with Gasteiger partial charge in [-0.3, -0.25) is 0 Å². The molecule has 0 heterocycles. The van der Waals surface area contributed by atoms with Crippen molar-refractivity contribution in [2.45, 2.75) is 37.8 Å². The molecule has 0 radical (unpaired) electrons. The number of nitrogen functional groups attached to an aromatic ring is 1. The number of nitrogens with zero attached hydrogens (tertiary/aromatic N) is 1. The smallest absolute Gasteiger partial charge is 0.335 e. The first kappa shape index (κ1) is 19.7. The maximum atomic E-state index is 10.3. The summed E-state index contributed by atoms with van der Waals surface area (Å²) >= 11 is 0. The van der Waals surface area contributed by atoms with Crippen molar-refractivity contribution in [3.8, 4) is 0 Å². The van der Waals surface area contributed by atoms with Gasteiger partial charge in [0, 0.05) is 11.7 Å². The van der Waals surface area contributed by atoms with Crippen LogP contribution in [0.2, 0.25) is 0 Å². The second-order valence-electron chi connectivity index (χ2n) is 5.35. The third-order valence-electron chi connectivity index (χ3n) is 3.55. The minimum atomic E-state index is -0.931. The van der Waals surface area contributed by atoms with Gasteiger partial charge in [0.25, 0.3) is 0 Å². The van der Waals surface area contributed by atoms with Crippen LogP contribution in [0.3, 0.4) is 0 Å². The third kappa shape index (κ3) is 7.32. The second-order valence-corrected chi connectivity index (χ2v) is 5.35. The number of carboxylic acids is 1. The number of benzene rings is 1. The van der Waals surface area contributed by atoms with Crippen LogP contribution in [0.15, 0.2) is 24.3 Å². The zero-order valence-corrected chi connectivity index (χ0v) is 13.3. The van der Waals surface area contributed by atoms with Gasteiger partial charge >= 0.3 is 5.97 Å². The molecular weight excluding hydrogens is 292 g/mol. The molecule has 0 amide bonds. The average Bonchev–Trinajstić information content (AvgIpc) is 2.40. The molecule has 5 nitrogen and oxygen atoms in total. The maximum absolute atomic E-state index is 10.3. The van der Waals surface area contributed by atoms with E-state index in [2.05, 4.69) is 19.0 Å². The molecule has 1 saturated carbocycles. The summed E-state index contributed by atoms with van der Waals surface area (Å²) in [5, 5.41) is 17.6. The number of aliphatic hydroxyl groups excluding tert-OH is 1. The van der Waals surface area contributed by atoms with Gasteiger partial charge in [0.05, 0.1) is 11.7 Å². The number of nitrogens with two attached hydrogens (primary N) is 1. The summed E-state index contributed by atoms with van der Waals surface area (Å²) in [4.78, 5) is 12.5. The molecule has 4 N–H and O–H groups in total. The van der Waals surface area contributed by atoms with Gasteiger partial charge in [0.15, 0.2) is 0 Å². The Kier molecular flexibility index (Phi) is 9.01. The van der Waals surface area contributed by atoms with Crippen molar-refractivity contribution in [3.63, 3.8) is 0 Å². The van der Waals surface area contributed by atoms with Crippen LogP contribution in [-0.4, -0.2) is 47.3 Å². The Morgan fingerprint density at radius 1 is 1.14 bits per heavy atom. The number of hydrogen-bond acceptors (Lipinski definition) is 4. The molecule has 1 aromatic rings. The Balaban J connectivity index is 0.000000364. The minimum Gasteiger partial charge on any atom is -0.478 e. The molecule has 2 rings (SSSR count). The van der Waals surface area contributed by atoms with Crippen molar-refractivity contribution in [2.24, 2.45) is 0 Å². The number of carboxylic acid groups (broad SMARTS) is 1. The molecule has 1 aromatic carbocycles. The Morgan fingerprint density at radius 2 is 1.62 bits per heavy atom. The van der Waals surface area contributed by atoms with E-state index < -0.39 is 5.97 Å². The van der Waals surface area contributed by atoms with Crippen LogP contribution in [0.5, 0.6) is 0 Å². The molecule has 1 aliphatic rings. The number of carbonyl (C=O) groups is 1. The van der Waals surface area contributed by atoms with Gasteiger partial charge in [0.1, 0.15) is 0 Å². The molecule has 0 atom stereocenters. The van der Waals surface area contributed by atoms with Gasteiger partial charge in [-0.05, 0) is 64.0 Å². The van der Waals surface area contributed by atoms with Gasteiger partial charge in [-0.1, -0.05) is 0 Å². The van der Waals surface area contributed by atoms with Crippen LogP contribution >= 0.6 is 12.4 Å². The van der Waals surface area contributed by atoms with E-state index in [1.807, 2.05) is 0 Å². The largest absolute Gasteiger partial charge is 0.478 e. The summed E-state index contributed by atoms with van der Waals surface area (Å²) in [6.45, 7) is 0. The fourth-order valence-electron chi connectivity index (χ4n) is 2.20. The molecule has 21 heavy (non-hydrogen) atoms. The second kappa shape index (κ2) is 9.60. The first-order chi connectivity index (χ1) is 9.40. The van der Waals surface area contributed by atoms with Crippen molar-refractivity contribution in [2.75, 3.05) is 19.8 Å². The quantitative estimate of drug-likeness (QED) is 0.728. The molecule has 0 saturated heterocycles. The van der Waals surface area contributed by atoms with Crippen LogP contribution in [-0.2, 0) is 0 Å². The number of anilines is 1. The standard InChI is InChI=1S/C8H17NO.C7H7NO2.ClH/c1-9(2)7-3-5-8(10)6-4-7;8-6-3-1-5(2-4-6)7(9)10;/h7-8,10H,3-6H2,1-2H3;1-4H,8H2,(H,9,10);1H. The van der Waals surface area contributed by atoms with Crippen molar-refractivity contribution >= 4 is 24.1 Å². The highest BCUT2D eigenvalue weighted by molar-refractivity contribution is 5.87. The average molecular weight is 317 g/mol. The summed E-state index contributed by atoms with van der Waals surface area (Å²) in [5.74, 6) is -0.931. The monoisotopic (exact) mass is 316 g/mol. The molecule has 120 valence electrons. The Labute approximate surface area is 132 Å². The lowest BCUT2D eigenvalue weighted by Crippen LogP contribution is -2.33. The molecule has 0 unspecified atom stereocenters. The lowest BCUT2D eigenvalue weighted by molar-refractivity contribution is 0.0697. The first-order valence-electron chi connectivity index (χ1n) is 6.83. The molecule has 0 bridgehead atoms. The summed E-state index contributed by atoms with van der Waals surface area (Å²) < 4.78 is 0. The normalized spacial score (nSPS) is 21.0. The SMILES string of the molecule is CN(C)C1CCC(O)CC1.Cl.Nc1ccc(C(=O)O)cc1. The van der Waals surface area contributed by atoms with Crippen molar-refractivity contribution in [1.29, 1.82) is 0 Å². The number of halogens is 1. The van der Waals surface area contributed by atoms with Crippen LogP contribution < -0.4 is 5.73 Å². The van der Waals surface area contributed by atoms with E-state index in [0.29, 0.717) is 11.7 Å². The number of rotatable bonds is 2. The van der Waals surface area contributed by atoms with Gasteiger partial charge in [-0.15, -0.1) is 12.4 Å².